The van der Waals surface area contributed by atoms with Gasteiger partial charge in [0.2, 0.25) is 0 Å². The van der Waals surface area contributed by atoms with Crippen molar-refractivity contribution in [3.63, 3.8) is 0 Å². The molecule has 0 saturated carbocycles. The molecule has 0 radical (unpaired) electrons. The van der Waals surface area contributed by atoms with Crippen molar-refractivity contribution in [1.29, 1.82) is 0 Å². The van der Waals surface area contributed by atoms with E-state index in [1.54, 1.807) is 12.1 Å². The van der Waals surface area contributed by atoms with Crippen molar-refractivity contribution >= 4 is 5.97 Å². The molecule has 4 N–H and O–H groups in total. The second kappa shape index (κ2) is 4.31. The van der Waals surface area contributed by atoms with Gasteiger partial charge in [-0.25, -0.2) is 0 Å². The van der Waals surface area contributed by atoms with Crippen molar-refractivity contribution in [2.75, 3.05) is 0 Å². The van der Waals surface area contributed by atoms with E-state index in [1.807, 2.05) is 13.8 Å². The fraction of sp³-hybridized carbons (Fsp3) is 0.364. The Balaban J connectivity index is 3.08. The first-order valence-corrected chi connectivity index (χ1v) is 4.69. The Labute approximate surface area is 88.3 Å². The molecule has 1 rings (SSSR count). The number of hydrogen-bond acceptors (Lipinski definition) is 3. The summed E-state index contributed by atoms with van der Waals surface area (Å²) in [5.41, 5.74) is 8.23. The van der Waals surface area contributed by atoms with Crippen molar-refractivity contribution in [3.8, 4) is 5.75 Å². The molecule has 0 aromatic heterocycles. The number of aliphatic carboxylic acids is 1. The van der Waals surface area contributed by atoms with Crippen LogP contribution in [0.4, 0.5) is 0 Å². The maximum atomic E-state index is 10.5. The average Bonchev–Trinajstić information content (AvgIpc) is 1.99. The minimum Gasteiger partial charge on any atom is -0.508 e. The summed E-state index contributed by atoms with van der Waals surface area (Å²) in [4.78, 5) is 10.5. The fourth-order valence-electron chi connectivity index (χ4n) is 1.83. The lowest BCUT2D eigenvalue weighted by molar-refractivity contribution is -0.137. The van der Waals surface area contributed by atoms with Crippen LogP contribution in [0.1, 0.15) is 29.2 Å². The molecular formula is C11H15NO3. The van der Waals surface area contributed by atoms with Gasteiger partial charge in [-0.1, -0.05) is 0 Å². The third-order valence-corrected chi connectivity index (χ3v) is 2.34. The highest BCUT2D eigenvalue weighted by molar-refractivity contribution is 5.68. The van der Waals surface area contributed by atoms with Crippen LogP contribution in [0, 0.1) is 13.8 Å². The van der Waals surface area contributed by atoms with Crippen molar-refractivity contribution in [1.82, 2.24) is 0 Å². The summed E-state index contributed by atoms with van der Waals surface area (Å²) in [6.45, 7) is 3.62. The average molecular weight is 209 g/mol. The normalized spacial score (nSPS) is 12.5. The molecule has 1 unspecified atom stereocenters. The van der Waals surface area contributed by atoms with Gasteiger partial charge in [-0.15, -0.1) is 0 Å². The number of phenolic OH excluding ortho intramolecular Hbond substituents is 1. The topological polar surface area (TPSA) is 83.5 Å². The zero-order valence-electron chi connectivity index (χ0n) is 8.82. The minimum absolute atomic E-state index is 0.105. The van der Waals surface area contributed by atoms with Gasteiger partial charge in [0.15, 0.2) is 0 Å². The lowest BCUT2D eigenvalue weighted by Gasteiger charge is -2.16. The number of nitrogens with two attached hydrogens (primary N) is 1. The van der Waals surface area contributed by atoms with E-state index in [9.17, 15) is 9.90 Å². The molecule has 0 aliphatic rings. The van der Waals surface area contributed by atoms with E-state index < -0.39 is 12.0 Å². The van der Waals surface area contributed by atoms with E-state index in [2.05, 4.69) is 0 Å². The van der Waals surface area contributed by atoms with Crippen LogP contribution in [0.5, 0.6) is 5.75 Å². The van der Waals surface area contributed by atoms with E-state index in [0.29, 0.717) is 0 Å². The van der Waals surface area contributed by atoms with Crippen LogP contribution in [0.25, 0.3) is 0 Å². The number of carbonyl (C=O) groups is 1. The molecule has 0 spiro atoms. The van der Waals surface area contributed by atoms with E-state index in [-0.39, 0.29) is 12.2 Å². The zero-order chi connectivity index (χ0) is 11.6. The number of benzene rings is 1. The van der Waals surface area contributed by atoms with E-state index in [1.165, 1.54) is 0 Å². The quantitative estimate of drug-likeness (QED) is 0.704. The predicted octanol–water partition coefficient (Wildman–Crippen LogP) is 1.48. The number of aromatic hydroxyl groups is 1. The molecule has 1 atom stereocenters. The van der Waals surface area contributed by atoms with Crippen LogP contribution in [-0.4, -0.2) is 16.2 Å². The molecule has 0 bridgehead atoms. The molecular weight excluding hydrogens is 194 g/mol. The highest BCUT2D eigenvalue weighted by Crippen LogP contribution is 2.26. The first-order valence-electron chi connectivity index (χ1n) is 4.69. The van der Waals surface area contributed by atoms with Crippen LogP contribution < -0.4 is 5.73 Å². The molecule has 0 aliphatic carbocycles. The monoisotopic (exact) mass is 209 g/mol. The van der Waals surface area contributed by atoms with E-state index >= 15 is 0 Å². The Morgan fingerprint density at radius 2 is 1.87 bits per heavy atom. The van der Waals surface area contributed by atoms with Gasteiger partial charge >= 0.3 is 5.97 Å². The molecule has 0 fully saturated rings. The zero-order valence-corrected chi connectivity index (χ0v) is 8.82. The number of rotatable bonds is 3. The third kappa shape index (κ3) is 2.70. The van der Waals surface area contributed by atoms with E-state index in [4.69, 9.17) is 10.8 Å². The summed E-state index contributed by atoms with van der Waals surface area (Å²) in [6.07, 6.45) is -0.105. The lowest BCUT2D eigenvalue weighted by atomic mass is 9.94. The van der Waals surface area contributed by atoms with Gasteiger partial charge in [-0.3, -0.25) is 4.79 Å². The molecule has 4 heteroatoms. The van der Waals surface area contributed by atoms with Crippen LogP contribution in [-0.2, 0) is 4.79 Å². The van der Waals surface area contributed by atoms with Gasteiger partial charge in [0, 0.05) is 6.04 Å². The largest absolute Gasteiger partial charge is 0.508 e. The molecule has 0 amide bonds. The standard InChI is InChI=1S/C11H15NO3/c1-6-3-8(13)4-7(2)11(6)9(12)5-10(14)15/h3-4,9,13H,5,12H2,1-2H3,(H,14,15). The Hall–Kier alpha value is -1.55. The van der Waals surface area contributed by atoms with Gasteiger partial charge in [0.05, 0.1) is 6.42 Å². The van der Waals surface area contributed by atoms with E-state index in [0.717, 1.165) is 16.7 Å². The Bertz CT molecular complexity index is 364. The fourth-order valence-corrected chi connectivity index (χ4v) is 1.83. The third-order valence-electron chi connectivity index (χ3n) is 2.34. The predicted molar refractivity (Wildman–Crippen MR) is 56.8 cm³/mol. The van der Waals surface area contributed by atoms with Crippen molar-refractivity contribution in [2.24, 2.45) is 5.73 Å². The first kappa shape index (κ1) is 11.5. The van der Waals surface area contributed by atoms with Crippen LogP contribution in [0.15, 0.2) is 12.1 Å². The number of phenols is 1. The van der Waals surface area contributed by atoms with Gasteiger partial charge in [-0.2, -0.15) is 0 Å². The Kier molecular flexibility index (Phi) is 3.31. The minimum atomic E-state index is -0.922. The summed E-state index contributed by atoms with van der Waals surface area (Å²) in [5, 5.41) is 18.0. The SMILES string of the molecule is Cc1cc(O)cc(C)c1C(N)CC(=O)O. The lowest BCUT2D eigenvalue weighted by Crippen LogP contribution is -2.17. The van der Waals surface area contributed by atoms with Crippen LogP contribution >= 0.6 is 0 Å². The molecule has 15 heavy (non-hydrogen) atoms. The van der Waals surface area contributed by atoms with Crippen molar-refractivity contribution in [3.05, 3.63) is 28.8 Å². The number of carboxylic acid groups (broad SMARTS) is 1. The summed E-state index contributed by atoms with van der Waals surface area (Å²) in [7, 11) is 0. The highest BCUT2D eigenvalue weighted by atomic mass is 16.4. The summed E-state index contributed by atoms with van der Waals surface area (Å²) < 4.78 is 0. The van der Waals surface area contributed by atoms with Crippen LogP contribution in [0.3, 0.4) is 0 Å². The van der Waals surface area contributed by atoms with Crippen molar-refractivity contribution < 1.29 is 15.0 Å². The number of hydrogen-bond donors (Lipinski definition) is 3. The van der Waals surface area contributed by atoms with Gasteiger partial charge in [0.25, 0.3) is 0 Å². The van der Waals surface area contributed by atoms with Gasteiger partial charge in [0.1, 0.15) is 5.75 Å². The summed E-state index contributed by atoms with van der Waals surface area (Å²) in [5.74, 6) is -0.745. The maximum absolute atomic E-state index is 10.5. The molecule has 4 nitrogen and oxygen atoms in total. The second-order valence-corrected chi connectivity index (χ2v) is 3.70. The molecule has 82 valence electrons. The molecule has 1 aromatic rings. The molecule has 1 aromatic carbocycles. The highest BCUT2D eigenvalue weighted by Gasteiger charge is 2.15. The molecule has 0 heterocycles. The van der Waals surface area contributed by atoms with Crippen LogP contribution in [0.2, 0.25) is 0 Å². The second-order valence-electron chi connectivity index (χ2n) is 3.70. The Morgan fingerprint density at radius 1 is 1.40 bits per heavy atom. The molecule has 0 saturated heterocycles. The maximum Gasteiger partial charge on any atom is 0.305 e. The summed E-state index contributed by atoms with van der Waals surface area (Å²) in [6, 6.07) is 2.65. The smallest absolute Gasteiger partial charge is 0.305 e. The van der Waals surface area contributed by atoms with Gasteiger partial charge < -0.3 is 15.9 Å². The number of carboxylic acids is 1. The van der Waals surface area contributed by atoms with Gasteiger partial charge in [-0.05, 0) is 42.7 Å². The first-order chi connectivity index (χ1) is 6.91. The number of aryl methyl sites for hydroxylation is 2. The summed E-state index contributed by atoms with van der Waals surface area (Å²) >= 11 is 0. The Morgan fingerprint density at radius 3 is 2.27 bits per heavy atom. The molecule has 0 aliphatic heterocycles. The van der Waals surface area contributed by atoms with Crippen molar-refractivity contribution in [2.45, 2.75) is 26.3 Å².